The average Bonchev–Trinajstić information content (AvgIpc) is 2.93. The molecule has 4 heteroatoms. The lowest BCUT2D eigenvalue weighted by Gasteiger charge is -2.22. The molecule has 1 aromatic carbocycles. The Morgan fingerprint density at radius 2 is 2.18 bits per heavy atom. The number of rotatable bonds is 7. The number of benzene rings is 1. The summed E-state index contributed by atoms with van der Waals surface area (Å²) >= 11 is 0. The summed E-state index contributed by atoms with van der Waals surface area (Å²) in [5, 5.41) is 3.41. The van der Waals surface area contributed by atoms with Gasteiger partial charge in [-0.1, -0.05) is 32.0 Å². The van der Waals surface area contributed by atoms with Gasteiger partial charge in [0.2, 0.25) is 0 Å². The van der Waals surface area contributed by atoms with Crippen LogP contribution in [0.15, 0.2) is 29.3 Å². The van der Waals surface area contributed by atoms with Crippen LogP contribution in [0, 0.1) is 5.92 Å². The highest BCUT2D eigenvalue weighted by molar-refractivity contribution is 5.97. The van der Waals surface area contributed by atoms with Gasteiger partial charge in [-0.2, -0.15) is 0 Å². The van der Waals surface area contributed by atoms with Crippen LogP contribution in [-0.4, -0.2) is 38.8 Å². The quantitative estimate of drug-likeness (QED) is 0.478. The number of ether oxygens (including phenoxy) is 1. The van der Waals surface area contributed by atoms with Crippen LogP contribution in [0.4, 0.5) is 5.69 Å². The Balaban J connectivity index is 1.89. The van der Waals surface area contributed by atoms with Crippen molar-refractivity contribution in [2.24, 2.45) is 10.9 Å². The van der Waals surface area contributed by atoms with Crippen molar-refractivity contribution in [2.75, 3.05) is 37.7 Å². The van der Waals surface area contributed by atoms with Crippen molar-refractivity contribution in [3.8, 4) is 0 Å². The number of hydrogen-bond donors (Lipinski definition) is 1. The molecule has 0 unspecified atom stereocenters. The minimum Gasteiger partial charge on any atom is -0.381 e. The number of nitrogens with one attached hydrogen (secondary N) is 1. The van der Waals surface area contributed by atoms with Gasteiger partial charge in [0.25, 0.3) is 0 Å². The molecular weight excluding hydrogens is 274 g/mol. The summed E-state index contributed by atoms with van der Waals surface area (Å²) in [6.45, 7) is 10.8. The van der Waals surface area contributed by atoms with Crippen molar-refractivity contribution in [1.82, 2.24) is 5.32 Å². The summed E-state index contributed by atoms with van der Waals surface area (Å²) in [4.78, 5) is 7.06. The van der Waals surface area contributed by atoms with E-state index in [9.17, 15) is 0 Å². The van der Waals surface area contributed by atoms with Crippen molar-refractivity contribution in [1.29, 1.82) is 0 Å². The zero-order valence-corrected chi connectivity index (χ0v) is 14.1. The lowest BCUT2D eigenvalue weighted by Crippen LogP contribution is -2.40. The van der Waals surface area contributed by atoms with E-state index in [-0.39, 0.29) is 0 Å². The second-order valence-electron chi connectivity index (χ2n) is 6.09. The first-order valence-corrected chi connectivity index (χ1v) is 8.44. The molecule has 0 amide bonds. The largest absolute Gasteiger partial charge is 0.381 e. The maximum absolute atomic E-state index is 5.62. The lowest BCUT2D eigenvalue weighted by atomic mass is 10.2. The van der Waals surface area contributed by atoms with Crippen LogP contribution in [0.5, 0.6) is 0 Å². The molecule has 0 aromatic heterocycles. The van der Waals surface area contributed by atoms with E-state index in [1.807, 2.05) is 0 Å². The fourth-order valence-corrected chi connectivity index (χ4v) is 2.62. The Morgan fingerprint density at radius 1 is 1.36 bits per heavy atom. The number of fused-ring (bicyclic) bond motifs is 1. The van der Waals surface area contributed by atoms with Gasteiger partial charge in [0.1, 0.15) is 0 Å². The zero-order valence-electron chi connectivity index (χ0n) is 14.1. The maximum Gasteiger partial charge on any atom is 0.198 e. The van der Waals surface area contributed by atoms with Gasteiger partial charge in [-0.05, 0) is 37.3 Å². The third kappa shape index (κ3) is 4.73. The molecule has 0 saturated heterocycles. The molecule has 0 radical (unpaired) electrons. The summed E-state index contributed by atoms with van der Waals surface area (Å²) in [7, 11) is 0. The van der Waals surface area contributed by atoms with E-state index >= 15 is 0 Å². The van der Waals surface area contributed by atoms with Crippen LogP contribution in [-0.2, 0) is 11.2 Å². The normalized spacial score (nSPS) is 14.5. The first-order chi connectivity index (χ1) is 10.7. The molecule has 1 aliphatic rings. The van der Waals surface area contributed by atoms with Gasteiger partial charge in [0.15, 0.2) is 5.96 Å². The minimum atomic E-state index is 0.599. The topological polar surface area (TPSA) is 36.9 Å². The highest BCUT2D eigenvalue weighted by Gasteiger charge is 2.22. The highest BCUT2D eigenvalue weighted by Crippen LogP contribution is 2.27. The molecule has 1 aliphatic heterocycles. The molecular formula is C18H29N3O. The van der Waals surface area contributed by atoms with E-state index in [1.54, 1.807) is 0 Å². The van der Waals surface area contributed by atoms with Gasteiger partial charge in [0, 0.05) is 38.5 Å². The second-order valence-corrected chi connectivity index (χ2v) is 6.09. The molecule has 0 spiro atoms. The van der Waals surface area contributed by atoms with Crippen LogP contribution in [0.3, 0.4) is 0 Å². The highest BCUT2D eigenvalue weighted by atomic mass is 16.5. The lowest BCUT2D eigenvalue weighted by molar-refractivity contribution is 0.109. The Bertz CT molecular complexity index is 485. The summed E-state index contributed by atoms with van der Waals surface area (Å²) < 4.78 is 5.62. The van der Waals surface area contributed by atoms with E-state index in [4.69, 9.17) is 9.73 Å². The third-order valence-corrected chi connectivity index (χ3v) is 3.64. The molecule has 1 N–H and O–H groups in total. The first kappa shape index (κ1) is 16.8. The molecule has 1 heterocycles. The van der Waals surface area contributed by atoms with E-state index in [2.05, 4.69) is 55.3 Å². The molecule has 0 saturated carbocycles. The van der Waals surface area contributed by atoms with Gasteiger partial charge < -0.3 is 15.0 Å². The van der Waals surface area contributed by atoms with Gasteiger partial charge in [-0.15, -0.1) is 0 Å². The maximum atomic E-state index is 5.62. The smallest absolute Gasteiger partial charge is 0.198 e. The summed E-state index contributed by atoms with van der Waals surface area (Å²) in [6.07, 6.45) is 2.06. The molecule has 0 fully saturated rings. The van der Waals surface area contributed by atoms with Crippen LogP contribution >= 0.6 is 0 Å². The predicted molar refractivity (Wildman–Crippen MR) is 93.7 cm³/mol. The molecule has 1 aromatic rings. The van der Waals surface area contributed by atoms with Crippen molar-refractivity contribution in [2.45, 2.75) is 33.6 Å². The molecule has 4 nitrogen and oxygen atoms in total. The monoisotopic (exact) mass is 303 g/mol. The Kier molecular flexibility index (Phi) is 6.72. The van der Waals surface area contributed by atoms with Crippen LogP contribution in [0.2, 0.25) is 0 Å². The van der Waals surface area contributed by atoms with E-state index in [1.165, 1.54) is 11.3 Å². The molecule has 22 heavy (non-hydrogen) atoms. The van der Waals surface area contributed by atoms with Crippen molar-refractivity contribution >= 4 is 11.6 Å². The fraction of sp³-hybridized carbons (Fsp3) is 0.611. The van der Waals surface area contributed by atoms with Gasteiger partial charge in [-0.25, -0.2) is 0 Å². The summed E-state index contributed by atoms with van der Waals surface area (Å²) in [6, 6.07) is 8.60. The summed E-state index contributed by atoms with van der Waals surface area (Å²) in [5.74, 6) is 1.60. The number of aliphatic imine (C=N–C) groups is 1. The Labute approximate surface area is 134 Å². The molecule has 0 atom stereocenters. The van der Waals surface area contributed by atoms with Gasteiger partial charge in [0.05, 0.1) is 0 Å². The number of guanidine groups is 1. The number of para-hydroxylation sites is 1. The van der Waals surface area contributed by atoms with Crippen molar-refractivity contribution < 1.29 is 4.74 Å². The van der Waals surface area contributed by atoms with Crippen LogP contribution in [0.25, 0.3) is 0 Å². The Hall–Kier alpha value is -1.55. The first-order valence-electron chi connectivity index (χ1n) is 8.44. The SMILES string of the molecule is CCNC(=NCCCOCC(C)C)N1CCc2ccccc21. The number of anilines is 1. The van der Waals surface area contributed by atoms with E-state index < -0.39 is 0 Å². The number of nitrogens with zero attached hydrogens (tertiary/aromatic N) is 2. The molecule has 0 bridgehead atoms. The van der Waals surface area contributed by atoms with E-state index in [0.29, 0.717) is 5.92 Å². The van der Waals surface area contributed by atoms with Crippen molar-refractivity contribution in [3.63, 3.8) is 0 Å². The zero-order chi connectivity index (χ0) is 15.8. The molecule has 2 rings (SSSR count). The van der Waals surface area contributed by atoms with Gasteiger partial charge in [-0.3, -0.25) is 4.99 Å². The Morgan fingerprint density at radius 3 is 2.95 bits per heavy atom. The average molecular weight is 303 g/mol. The standard InChI is InChI=1S/C18H29N3O/c1-4-19-18(20-11-7-13-22-14-15(2)3)21-12-10-16-8-5-6-9-17(16)21/h5-6,8-9,15H,4,7,10-14H2,1-3H3,(H,19,20). The molecule has 122 valence electrons. The third-order valence-electron chi connectivity index (χ3n) is 3.64. The van der Waals surface area contributed by atoms with E-state index in [0.717, 1.165) is 51.6 Å². The summed E-state index contributed by atoms with van der Waals surface area (Å²) in [5.41, 5.74) is 2.70. The molecule has 0 aliphatic carbocycles. The van der Waals surface area contributed by atoms with Crippen LogP contribution in [0.1, 0.15) is 32.8 Å². The minimum absolute atomic E-state index is 0.599. The number of hydrogen-bond acceptors (Lipinski definition) is 2. The predicted octanol–water partition coefficient (Wildman–Crippen LogP) is 3.08. The van der Waals surface area contributed by atoms with Gasteiger partial charge >= 0.3 is 0 Å². The second kappa shape index (κ2) is 8.79. The van der Waals surface area contributed by atoms with Crippen molar-refractivity contribution in [3.05, 3.63) is 29.8 Å². The van der Waals surface area contributed by atoms with Crippen LogP contribution < -0.4 is 10.2 Å². The fourth-order valence-electron chi connectivity index (χ4n) is 2.62.